The third kappa shape index (κ3) is 3.58. The fourth-order valence-electron chi connectivity index (χ4n) is 2.79. The van der Waals surface area contributed by atoms with Crippen LogP contribution in [-0.2, 0) is 6.54 Å². The molecular formula is C16H20N6O2. The number of amides is 1. The molecule has 2 aromatic heterocycles. The SMILES string of the molecule is CCn1ncc(N2CCC(NC(=O)c3cnccn3)CC2)cc1=O. The zero-order valence-electron chi connectivity index (χ0n) is 13.6. The molecule has 8 nitrogen and oxygen atoms in total. The van der Waals surface area contributed by atoms with Crippen LogP contribution in [0.2, 0.25) is 0 Å². The molecule has 0 aromatic carbocycles. The second-order valence-electron chi connectivity index (χ2n) is 5.69. The third-order valence-electron chi connectivity index (χ3n) is 4.15. The van der Waals surface area contributed by atoms with E-state index in [1.807, 2.05) is 6.92 Å². The summed E-state index contributed by atoms with van der Waals surface area (Å²) in [5.74, 6) is -0.200. The van der Waals surface area contributed by atoms with Crippen LogP contribution in [0.15, 0.2) is 35.6 Å². The molecule has 1 saturated heterocycles. The van der Waals surface area contributed by atoms with Gasteiger partial charge < -0.3 is 10.2 Å². The molecule has 0 spiro atoms. The molecule has 0 bridgehead atoms. The van der Waals surface area contributed by atoms with Gasteiger partial charge in [-0.25, -0.2) is 9.67 Å². The fraction of sp³-hybridized carbons (Fsp3) is 0.438. The Hall–Kier alpha value is -2.77. The van der Waals surface area contributed by atoms with Crippen molar-refractivity contribution in [1.29, 1.82) is 0 Å². The minimum absolute atomic E-state index is 0.0897. The lowest BCUT2D eigenvalue weighted by Gasteiger charge is -2.33. The van der Waals surface area contributed by atoms with Gasteiger partial charge in [-0.2, -0.15) is 5.10 Å². The maximum absolute atomic E-state index is 12.1. The largest absolute Gasteiger partial charge is 0.370 e. The highest BCUT2D eigenvalue weighted by Gasteiger charge is 2.22. The lowest BCUT2D eigenvalue weighted by Crippen LogP contribution is -2.45. The molecule has 1 amide bonds. The van der Waals surface area contributed by atoms with Gasteiger partial charge in [0.25, 0.3) is 11.5 Å². The van der Waals surface area contributed by atoms with Crippen LogP contribution in [0.5, 0.6) is 0 Å². The van der Waals surface area contributed by atoms with Gasteiger partial charge in [-0.05, 0) is 19.8 Å². The fourth-order valence-corrected chi connectivity index (χ4v) is 2.79. The Morgan fingerprint density at radius 1 is 1.29 bits per heavy atom. The Labute approximate surface area is 139 Å². The Balaban J connectivity index is 1.57. The number of aromatic nitrogens is 4. The van der Waals surface area contributed by atoms with E-state index in [1.54, 1.807) is 12.3 Å². The van der Waals surface area contributed by atoms with Crippen LogP contribution < -0.4 is 15.8 Å². The maximum Gasteiger partial charge on any atom is 0.271 e. The van der Waals surface area contributed by atoms with Gasteiger partial charge in [0, 0.05) is 44.1 Å². The first-order chi connectivity index (χ1) is 11.7. The van der Waals surface area contributed by atoms with Gasteiger partial charge in [0.05, 0.1) is 18.1 Å². The third-order valence-corrected chi connectivity index (χ3v) is 4.15. The van der Waals surface area contributed by atoms with Crippen LogP contribution in [0.3, 0.4) is 0 Å². The summed E-state index contributed by atoms with van der Waals surface area (Å²) >= 11 is 0. The van der Waals surface area contributed by atoms with Crippen molar-refractivity contribution >= 4 is 11.6 Å². The molecule has 3 heterocycles. The van der Waals surface area contributed by atoms with Crippen LogP contribution in [0, 0.1) is 0 Å². The Morgan fingerprint density at radius 2 is 2.08 bits per heavy atom. The molecule has 1 fully saturated rings. The molecule has 1 aliphatic heterocycles. The monoisotopic (exact) mass is 328 g/mol. The van der Waals surface area contributed by atoms with Gasteiger partial charge in [0.1, 0.15) is 5.69 Å². The van der Waals surface area contributed by atoms with E-state index in [4.69, 9.17) is 0 Å². The van der Waals surface area contributed by atoms with E-state index in [2.05, 4.69) is 25.3 Å². The summed E-state index contributed by atoms with van der Waals surface area (Å²) < 4.78 is 1.43. The molecule has 1 aliphatic rings. The van der Waals surface area contributed by atoms with E-state index in [9.17, 15) is 9.59 Å². The average Bonchev–Trinajstić information content (AvgIpc) is 2.63. The van der Waals surface area contributed by atoms with Gasteiger partial charge in [-0.3, -0.25) is 14.6 Å². The second kappa shape index (κ2) is 7.20. The summed E-state index contributed by atoms with van der Waals surface area (Å²) in [7, 11) is 0. The predicted octanol–water partition coefficient (Wildman–Crippen LogP) is 0.452. The van der Waals surface area contributed by atoms with Crippen molar-refractivity contribution in [3.05, 3.63) is 46.9 Å². The van der Waals surface area contributed by atoms with Crippen LogP contribution in [0.4, 0.5) is 5.69 Å². The van der Waals surface area contributed by atoms with Crippen molar-refractivity contribution in [1.82, 2.24) is 25.1 Å². The number of nitrogens with one attached hydrogen (secondary N) is 1. The van der Waals surface area contributed by atoms with Gasteiger partial charge in [-0.1, -0.05) is 0 Å². The second-order valence-corrected chi connectivity index (χ2v) is 5.69. The number of piperidine rings is 1. The van der Waals surface area contributed by atoms with Crippen molar-refractivity contribution in [2.24, 2.45) is 0 Å². The number of carbonyl (C=O) groups excluding carboxylic acids is 1. The molecule has 126 valence electrons. The van der Waals surface area contributed by atoms with E-state index < -0.39 is 0 Å². The van der Waals surface area contributed by atoms with Crippen LogP contribution in [0.1, 0.15) is 30.3 Å². The highest BCUT2D eigenvalue weighted by Crippen LogP contribution is 2.17. The normalized spacial score (nSPS) is 15.3. The van der Waals surface area contributed by atoms with E-state index in [0.29, 0.717) is 12.2 Å². The molecule has 0 radical (unpaired) electrons. The van der Waals surface area contributed by atoms with Gasteiger partial charge in [-0.15, -0.1) is 0 Å². The Kier molecular flexibility index (Phi) is 4.83. The number of aryl methyl sites for hydroxylation is 1. The number of hydrogen-bond donors (Lipinski definition) is 1. The lowest BCUT2D eigenvalue weighted by atomic mass is 10.0. The van der Waals surface area contributed by atoms with Crippen molar-refractivity contribution in [2.45, 2.75) is 32.4 Å². The molecule has 0 atom stereocenters. The zero-order valence-corrected chi connectivity index (χ0v) is 13.6. The summed E-state index contributed by atoms with van der Waals surface area (Å²) in [4.78, 5) is 34.0. The summed E-state index contributed by atoms with van der Waals surface area (Å²) in [6.07, 6.45) is 7.84. The number of rotatable bonds is 4. The number of nitrogens with zero attached hydrogens (tertiary/aromatic N) is 5. The maximum atomic E-state index is 12.1. The highest BCUT2D eigenvalue weighted by molar-refractivity contribution is 5.92. The topological polar surface area (TPSA) is 93.0 Å². The smallest absolute Gasteiger partial charge is 0.271 e. The van der Waals surface area contributed by atoms with E-state index in [1.165, 1.54) is 23.3 Å². The van der Waals surface area contributed by atoms with Gasteiger partial charge in [0.15, 0.2) is 0 Å². The van der Waals surface area contributed by atoms with Gasteiger partial charge >= 0.3 is 0 Å². The summed E-state index contributed by atoms with van der Waals surface area (Å²) in [5.41, 5.74) is 1.07. The number of anilines is 1. The Bertz CT molecular complexity index is 753. The molecule has 0 saturated carbocycles. The Morgan fingerprint density at radius 3 is 2.71 bits per heavy atom. The predicted molar refractivity (Wildman–Crippen MR) is 88.9 cm³/mol. The summed E-state index contributed by atoms with van der Waals surface area (Å²) in [6.45, 7) is 3.99. The van der Waals surface area contributed by atoms with Crippen molar-refractivity contribution < 1.29 is 4.79 Å². The van der Waals surface area contributed by atoms with Crippen molar-refractivity contribution in [3.63, 3.8) is 0 Å². The molecule has 0 unspecified atom stereocenters. The standard InChI is InChI=1S/C16H20N6O2/c1-2-22-15(23)9-13(10-19-22)21-7-3-12(4-8-21)20-16(24)14-11-17-5-6-18-14/h5-6,9-12H,2-4,7-8H2,1H3,(H,20,24). The molecular weight excluding hydrogens is 308 g/mol. The zero-order chi connectivity index (χ0) is 16.9. The first-order valence-electron chi connectivity index (χ1n) is 8.06. The number of hydrogen-bond acceptors (Lipinski definition) is 6. The van der Waals surface area contributed by atoms with Crippen LogP contribution in [0.25, 0.3) is 0 Å². The molecule has 1 N–H and O–H groups in total. The minimum atomic E-state index is -0.200. The van der Waals surface area contributed by atoms with E-state index in [-0.39, 0.29) is 17.5 Å². The van der Waals surface area contributed by atoms with Crippen LogP contribution >= 0.6 is 0 Å². The molecule has 3 rings (SSSR count). The molecule has 24 heavy (non-hydrogen) atoms. The molecule has 8 heteroatoms. The summed E-state index contributed by atoms with van der Waals surface area (Å²) in [5, 5.41) is 7.14. The van der Waals surface area contributed by atoms with Gasteiger partial charge in [0.2, 0.25) is 0 Å². The molecule has 2 aromatic rings. The van der Waals surface area contributed by atoms with E-state index >= 15 is 0 Å². The van der Waals surface area contributed by atoms with E-state index in [0.717, 1.165) is 31.6 Å². The first kappa shape index (κ1) is 16.1. The van der Waals surface area contributed by atoms with Crippen molar-refractivity contribution in [3.8, 4) is 0 Å². The number of carbonyl (C=O) groups is 1. The molecule has 0 aliphatic carbocycles. The quantitative estimate of drug-likeness (QED) is 0.876. The first-order valence-corrected chi connectivity index (χ1v) is 8.06. The minimum Gasteiger partial charge on any atom is -0.370 e. The van der Waals surface area contributed by atoms with Crippen LogP contribution in [-0.4, -0.2) is 44.8 Å². The lowest BCUT2D eigenvalue weighted by molar-refractivity contribution is 0.0925. The highest BCUT2D eigenvalue weighted by atomic mass is 16.2. The average molecular weight is 328 g/mol. The summed E-state index contributed by atoms with van der Waals surface area (Å²) in [6, 6.07) is 1.72. The van der Waals surface area contributed by atoms with Crippen molar-refractivity contribution in [2.75, 3.05) is 18.0 Å².